The molecule has 6 N–H and O–H groups in total. The molecule has 8 heteroatoms. The van der Waals surface area contributed by atoms with Gasteiger partial charge in [0, 0.05) is 12.1 Å². The summed E-state index contributed by atoms with van der Waals surface area (Å²) in [6, 6.07) is 4.07. The lowest BCUT2D eigenvalue weighted by atomic mass is 10.1. The van der Waals surface area contributed by atoms with E-state index in [0.29, 0.717) is 0 Å². The van der Waals surface area contributed by atoms with E-state index in [1.54, 1.807) is 0 Å². The number of phenols is 5. The molecule has 23 heavy (non-hydrogen) atoms. The SMILES string of the molecule is O=c1c(O)c(-c2ccc(O)c(O)c2O)oc2cc(O)cc(O)c12. The van der Waals surface area contributed by atoms with Crippen LogP contribution in [0.5, 0.6) is 34.5 Å². The molecule has 0 aliphatic heterocycles. The normalized spacial score (nSPS) is 11.0. The summed E-state index contributed by atoms with van der Waals surface area (Å²) in [5, 5.41) is 57.5. The van der Waals surface area contributed by atoms with Gasteiger partial charge in [-0.05, 0) is 12.1 Å². The van der Waals surface area contributed by atoms with E-state index in [2.05, 4.69) is 0 Å². The van der Waals surface area contributed by atoms with Crippen molar-refractivity contribution in [3.05, 3.63) is 34.5 Å². The predicted octanol–water partition coefficient (Wildman–Crippen LogP) is 1.69. The van der Waals surface area contributed by atoms with Crippen molar-refractivity contribution >= 4 is 11.0 Å². The van der Waals surface area contributed by atoms with Crippen molar-refractivity contribution in [3.63, 3.8) is 0 Å². The molecule has 3 rings (SSSR count). The number of hydrogen-bond donors (Lipinski definition) is 6. The maximum Gasteiger partial charge on any atom is 0.238 e. The molecule has 0 bridgehead atoms. The zero-order valence-corrected chi connectivity index (χ0v) is 11.3. The lowest BCUT2D eigenvalue weighted by Crippen LogP contribution is -2.03. The number of fused-ring (bicyclic) bond motifs is 1. The van der Waals surface area contributed by atoms with Gasteiger partial charge in [-0.15, -0.1) is 0 Å². The van der Waals surface area contributed by atoms with E-state index < -0.39 is 39.9 Å². The third-order valence-corrected chi connectivity index (χ3v) is 3.31. The van der Waals surface area contributed by atoms with Gasteiger partial charge in [0.05, 0.1) is 5.56 Å². The first-order chi connectivity index (χ1) is 10.8. The molecule has 0 unspecified atom stereocenters. The standard InChI is InChI=1S/C15H10O8/c16-5-3-8(18)10-9(4-5)23-15(14(22)13(10)21)6-1-2-7(17)12(20)11(6)19/h1-4,16-20,22H. The Balaban J connectivity index is 2.42. The van der Waals surface area contributed by atoms with Crippen LogP contribution >= 0.6 is 0 Å². The third kappa shape index (κ3) is 2.04. The summed E-state index contributed by atoms with van der Waals surface area (Å²) < 4.78 is 5.27. The van der Waals surface area contributed by atoms with Crippen molar-refractivity contribution in [2.45, 2.75) is 0 Å². The summed E-state index contributed by atoms with van der Waals surface area (Å²) in [5.41, 5.74) is -1.50. The van der Waals surface area contributed by atoms with Gasteiger partial charge in [0.15, 0.2) is 17.3 Å². The molecule has 8 nitrogen and oxygen atoms in total. The Bertz CT molecular complexity index is 1000. The fourth-order valence-electron chi connectivity index (χ4n) is 2.21. The lowest BCUT2D eigenvalue weighted by Gasteiger charge is -2.10. The molecule has 0 fully saturated rings. The van der Waals surface area contributed by atoms with E-state index in [0.717, 1.165) is 24.3 Å². The predicted molar refractivity (Wildman–Crippen MR) is 77.9 cm³/mol. The summed E-state index contributed by atoms with van der Waals surface area (Å²) in [6.45, 7) is 0. The first kappa shape index (κ1) is 14.4. The van der Waals surface area contributed by atoms with Crippen LogP contribution in [0.3, 0.4) is 0 Å². The molecule has 1 heterocycles. The van der Waals surface area contributed by atoms with Crippen molar-refractivity contribution in [1.29, 1.82) is 0 Å². The van der Waals surface area contributed by atoms with E-state index in [4.69, 9.17) is 4.42 Å². The van der Waals surface area contributed by atoms with Crippen LogP contribution in [0.15, 0.2) is 33.5 Å². The molecule has 0 amide bonds. The average Bonchev–Trinajstić information content (AvgIpc) is 2.48. The fraction of sp³-hybridized carbons (Fsp3) is 0. The van der Waals surface area contributed by atoms with Crippen LogP contribution in [0.1, 0.15) is 0 Å². The Morgan fingerprint density at radius 1 is 0.783 bits per heavy atom. The fourth-order valence-corrected chi connectivity index (χ4v) is 2.21. The molecule has 0 saturated carbocycles. The number of hydrogen-bond acceptors (Lipinski definition) is 8. The molecule has 0 spiro atoms. The van der Waals surface area contributed by atoms with Gasteiger partial charge in [-0.1, -0.05) is 0 Å². The molecule has 1 aromatic heterocycles. The summed E-state index contributed by atoms with van der Waals surface area (Å²) in [7, 11) is 0. The Labute approximate surface area is 127 Å². The Morgan fingerprint density at radius 2 is 1.48 bits per heavy atom. The molecule has 3 aromatic rings. The van der Waals surface area contributed by atoms with Crippen molar-refractivity contribution in [1.82, 2.24) is 0 Å². The number of rotatable bonds is 1. The van der Waals surface area contributed by atoms with Crippen molar-refractivity contribution in [2.75, 3.05) is 0 Å². The van der Waals surface area contributed by atoms with Crippen molar-refractivity contribution < 1.29 is 35.1 Å². The maximum absolute atomic E-state index is 12.2. The monoisotopic (exact) mass is 318 g/mol. The summed E-state index contributed by atoms with van der Waals surface area (Å²) in [5.74, 6) is -4.67. The quantitative estimate of drug-likeness (QED) is 0.371. The zero-order chi connectivity index (χ0) is 16.9. The van der Waals surface area contributed by atoms with Crippen molar-refractivity contribution in [3.8, 4) is 45.8 Å². The zero-order valence-electron chi connectivity index (χ0n) is 11.3. The third-order valence-electron chi connectivity index (χ3n) is 3.31. The van der Waals surface area contributed by atoms with Crippen LogP contribution in [-0.2, 0) is 0 Å². The lowest BCUT2D eigenvalue weighted by molar-refractivity contribution is 0.367. The molecular weight excluding hydrogens is 308 g/mol. The van der Waals surface area contributed by atoms with Crippen LogP contribution in [0.25, 0.3) is 22.3 Å². The van der Waals surface area contributed by atoms with E-state index in [9.17, 15) is 35.4 Å². The average molecular weight is 318 g/mol. The van der Waals surface area contributed by atoms with Crippen molar-refractivity contribution in [2.24, 2.45) is 0 Å². The van der Waals surface area contributed by atoms with Crippen LogP contribution in [0, 0.1) is 0 Å². The van der Waals surface area contributed by atoms with Crippen LogP contribution in [-0.4, -0.2) is 30.6 Å². The van der Waals surface area contributed by atoms with Gasteiger partial charge < -0.3 is 35.1 Å². The van der Waals surface area contributed by atoms with E-state index in [1.807, 2.05) is 0 Å². The van der Waals surface area contributed by atoms with Gasteiger partial charge in [0.1, 0.15) is 22.5 Å². The van der Waals surface area contributed by atoms with Gasteiger partial charge >= 0.3 is 0 Å². The van der Waals surface area contributed by atoms with E-state index >= 15 is 0 Å². The van der Waals surface area contributed by atoms with Crippen LogP contribution < -0.4 is 5.43 Å². The Morgan fingerprint density at radius 3 is 2.17 bits per heavy atom. The smallest absolute Gasteiger partial charge is 0.238 e. The molecular formula is C15H10O8. The Hall–Kier alpha value is -3.55. The number of benzene rings is 2. The topological polar surface area (TPSA) is 152 Å². The van der Waals surface area contributed by atoms with E-state index in [-0.39, 0.29) is 22.3 Å². The van der Waals surface area contributed by atoms with Gasteiger partial charge in [-0.2, -0.15) is 0 Å². The summed E-state index contributed by atoms with van der Waals surface area (Å²) in [4.78, 5) is 12.2. The summed E-state index contributed by atoms with van der Waals surface area (Å²) in [6.07, 6.45) is 0. The first-order valence-corrected chi connectivity index (χ1v) is 6.27. The second-order valence-corrected chi connectivity index (χ2v) is 4.78. The maximum atomic E-state index is 12.2. The second kappa shape index (κ2) is 4.73. The minimum Gasteiger partial charge on any atom is -0.508 e. The van der Waals surface area contributed by atoms with Crippen LogP contribution in [0.4, 0.5) is 0 Å². The number of phenolic OH excluding ortho intramolecular Hbond substituents is 5. The minimum atomic E-state index is -0.995. The molecule has 118 valence electrons. The van der Waals surface area contributed by atoms with Gasteiger partial charge in [-0.3, -0.25) is 4.79 Å². The first-order valence-electron chi connectivity index (χ1n) is 6.27. The molecule has 2 aromatic carbocycles. The molecule has 0 radical (unpaired) electrons. The van der Waals surface area contributed by atoms with E-state index in [1.165, 1.54) is 0 Å². The summed E-state index contributed by atoms with van der Waals surface area (Å²) >= 11 is 0. The minimum absolute atomic E-state index is 0.243. The second-order valence-electron chi connectivity index (χ2n) is 4.78. The highest BCUT2D eigenvalue weighted by atomic mass is 16.4. The Kier molecular flexibility index (Phi) is 2.96. The van der Waals surface area contributed by atoms with Gasteiger partial charge in [-0.25, -0.2) is 0 Å². The highest BCUT2D eigenvalue weighted by Crippen LogP contribution is 2.45. The molecule has 0 aliphatic carbocycles. The molecule has 0 saturated heterocycles. The molecule has 0 aliphatic rings. The van der Waals surface area contributed by atoms with Gasteiger partial charge in [0.2, 0.25) is 16.9 Å². The van der Waals surface area contributed by atoms with Crippen LogP contribution in [0.2, 0.25) is 0 Å². The molecule has 0 atom stereocenters. The largest absolute Gasteiger partial charge is 0.508 e. The number of aromatic hydroxyl groups is 6. The highest BCUT2D eigenvalue weighted by Gasteiger charge is 2.22. The highest BCUT2D eigenvalue weighted by molar-refractivity contribution is 5.89. The van der Waals surface area contributed by atoms with Gasteiger partial charge in [0.25, 0.3) is 0 Å².